The van der Waals surface area contributed by atoms with Crippen LogP contribution in [-0.2, 0) is 4.74 Å². The molecular weight excluding hydrogens is 168 g/mol. The van der Waals surface area contributed by atoms with Crippen LogP contribution in [0.25, 0.3) is 0 Å². The normalized spacial score (nSPS) is 9.83. The average molecular weight is 188 g/mol. The van der Waals surface area contributed by atoms with Crippen LogP contribution in [0.4, 0.5) is 0 Å². The van der Waals surface area contributed by atoms with Crippen molar-refractivity contribution >= 4 is 11.8 Å². The molecule has 0 bridgehead atoms. The molecule has 0 radical (unpaired) electrons. The number of thioether (sulfide) groups is 1. The molecule has 0 fully saturated rings. The maximum absolute atomic E-state index is 5.37. The SMILES string of the molecule is C=C(CCCSCC)OCCC. The predicted molar refractivity (Wildman–Crippen MR) is 57.6 cm³/mol. The van der Waals surface area contributed by atoms with Crippen molar-refractivity contribution in [3.63, 3.8) is 0 Å². The maximum Gasteiger partial charge on any atom is 0.0888 e. The van der Waals surface area contributed by atoms with E-state index in [0.717, 1.165) is 25.2 Å². The number of rotatable bonds is 8. The van der Waals surface area contributed by atoms with Crippen molar-refractivity contribution < 1.29 is 4.74 Å². The molecule has 0 saturated heterocycles. The highest BCUT2D eigenvalue weighted by atomic mass is 32.2. The Kier molecular flexibility index (Phi) is 8.90. The van der Waals surface area contributed by atoms with Crippen LogP contribution in [0.3, 0.4) is 0 Å². The lowest BCUT2D eigenvalue weighted by atomic mass is 10.3. The Morgan fingerprint density at radius 3 is 2.75 bits per heavy atom. The van der Waals surface area contributed by atoms with Crippen LogP contribution in [0.1, 0.15) is 33.1 Å². The summed E-state index contributed by atoms with van der Waals surface area (Å²) >= 11 is 1.98. The lowest BCUT2D eigenvalue weighted by Crippen LogP contribution is -1.93. The van der Waals surface area contributed by atoms with Gasteiger partial charge in [-0.1, -0.05) is 20.4 Å². The quantitative estimate of drug-likeness (QED) is 0.426. The molecule has 0 atom stereocenters. The van der Waals surface area contributed by atoms with E-state index >= 15 is 0 Å². The van der Waals surface area contributed by atoms with Crippen molar-refractivity contribution in [3.8, 4) is 0 Å². The Morgan fingerprint density at radius 1 is 1.42 bits per heavy atom. The minimum atomic E-state index is 0.819. The van der Waals surface area contributed by atoms with Gasteiger partial charge in [-0.15, -0.1) is 0 Å². The molecule has 12 heavy (non-hydrogen) atoms. The summed E-state index contributed by atoms with van der Waals surface area (Å²) in [6.07, 6.45) is 3.29. The topological polar surface area (TPSA) is 9.23 Å². The summed E-state index contributed by atoms with van der Waals surface area (Å²) in [7, 11) is 0. The monoisotopic (exact) mass is 188 g/mol. The Labute approximate surface area is 80.6 Å². The summed E-state index contributed by atoms with van der Waals surface area (Å²) in [6, 6.07) is 0. The van der Waals surface area contributed by atoms with Gasteiger partial charge in [0.25, 0.3) is 0 Å². The molecule has 72 valence electrons. The largest absolute Gasteiger partial charge is 0.499 e. The molecule has 0 saturated carbocycles. The van der Waals surface area contributed by atoms with Gasteiger partial charge in [0, 0.05) is 6.42 Å². The number of ether oxygens (including phenoxy) is 1. The molecule has 0 aromatic heterocycles. The standard InChI is InChI=1S/C10H20OS/c1-4-8-11-10(3)7-6-9-12-5-2/h3-9H2,1-2H3. The molecule has 0 spiro atoms. The van der Waals surface area contributed by atoms with Crippen molar-refractivity contribution in [2.75, 3.05) is 18.1 Å². The molecular formula is C10H20OS. The molecule has 0 aliphatic heterocycles. The first-order valence-corrected chi connectivity index (χ1v) is 5.85. The molecule has 0 rings (SSSR count). The third-order valence-corrected chi connectivity index (χ3v) is 2.44. The lowest BCUT2D eigenvalue weighted by Gasteiger charge is -2.06. The molecule has 0 amide bonds. The van der Waals surface area contributed by atoms with Gasteiger partial charge in [0.2, 0.25) is 0 Å². The van der Waals surface area contributed by atoms with Crippen molar-refractivity contribution in [3.05, 3.63) is 12.3 Å². The zero-order valence-electron chi connectivity index (χ0n) is 8.27. The zero-order valence-corrected chi connectivity index (χ0v) is 9.08. The molecule has 0 unspecified atom stereocenters. The summed E-state index contributed by atoms with van der Waals surface area (Å²) in [6.45, 7) is 8.98. The van der Waals surface area contributed by atoms with E-state index in [-0.39, 0.29) is 0 Å². The van der Waals surface area contributed by atoms with E-state index in [4.69, 9.17) is 4.74 Å². The van der Waals surface area contributed by atoms with Crippen molar-refractivity contribution in [2.24, 2.45) is 0 Å². The highest BCUT2D eigenvalue weighted by molar-refractivity contribution is 7.99. The van der Waals surface area contributed by atoms with Gasteiger partial charge in [-0.3, -0.25) is 0 Å². The van der Waals surface area contributed by atoms with Crippen molar-refractivity contribution in [1.82, 2.24) is 0 Å². The van der Waals surface area contributed by atoms with Gasteiger partial charge in [-0.05, 0) is 24.3 Å². The molecule has 2 heteroatoms. The highest BCUT2D eigenvalue weighted by Crippen LogP contribution is 2.09. The van der Waals surface area contributed by atoms with Gasteiger partial charge >= 0.3 is 0 Å². The fraction of sp³-hybridized carbons (Fsp3) is 0.800. The van der Waals surface area contributed by atoms with Gasteiger partial charge in [-0.2, -0.15) is 11.8 Å². The Morgan fingerprint density at radius 2 is 2.17 bits per heavy atom. The third kappa shape index (κ3) is 7.99. The van der Waals surface area contributed by atoms with Gasteiger partial charge in [0.15, 0.2) is 0 Å². The van der Waals surface area contributed by atoms with Gasteiger partial charge in [-0.25, -0.2) is 0 Å². The first kappa shape index (κ1) is 11.9. The van der Waals surface area contributed by atoms with Crippen LogP contribution in [0.2, 0.25) is 0 Å². The van der Waals surface area contributed by atoms with Crippen LogP contribution in [0.15, 0.2) is 12.3 Å². The second kappa shape index (κ2) is 8.98. The Hall–Kier alpha value is -0.110. The fourth-order valence-electron chi connectivity index (χ4n) is 0.834. The highest BCUT2D eigenvalue weighted by Gasteiger charge is 1.94. The van der Waals surface area contributed by atoms with Gasteiger partial charge < -0.3 is 4.74 Å². The van der Waals surface area contributed by atoms with Crippen molar-refractivity contribution in [1.29, 1.82) is 0 Å². The van der Waals surface area contributed by atoms with E-state index in [9.17, 15) is 0 Å². The number of allylic oxidation sites excluding steroid dienone is 1. The average Bonchev–Trinajstić information content (AvgIpc) is 2.09. The maximum atomic E-state index is 5.37. The molecule has 0 aromatic rings. The summed E-state index contributed by atoms with van der Waals surface area (Å²) in [5.41, 5.74) is 0. The Balaban J connectivity index is 3.08. The van der Waals surface area contributed by atoms with E-state index in [0.29, 0.717) is 0 Å². The lowest BCUT2D eigenvalue weighted by molar-refractivity contribution is 0.204. The number of hydrogen-bond donors (Lipinski definition) is 0. The van der Waals surface area contributed by atoms with E-state index < -0.39 is 0 Å². The smallest absolute Gasteiger partial charge is 0.0888 e. The summed E-state index contributed by atoms with van der Waals surface area (Å²) < 4.78 is 5.37. The Bertz CT molecular complexity index is 112. The third-order valence-electron chi connectivity index (χ3n) is 1.46. The van der Waals surface area contributed by atoms with Crippen LogP contribution in [-0.4, -0.2) is 18.1 Å². The second-order valence-corrected chi connectivity index (χ2v) is 4.08. The fourth-order valence-corrected chi connectivity index (χ4v) is 1.47. The van der Waals surface area contributed by atoms with Crippen molar-refractivity contribution in [2.45, 2.75) is 33.1 Å². The zero-order chi connectivity index (χ0) is 9.23. The predicted octanol–water partition coefficient (Wildman–Crippen LogP) is 3.46. The second-order valence-electron chi connectivity index (χ2n) is 2.69. The van der Waals surface area contributed by atoms with Crippen LogP contribution < -0.4 is 0 Å². The first-order chi connectivity index (χ1) is 5.81. The van der Waals surface area contributed by atoms with E-state index in [2.05, 4.69) is 20.4 Å². The molecule has 1 nitrogen and oxygen atoms in total. The van der Waals surface area contributed by atoms with Gasteiger partial charge in [0.05, 0.1) is 12.4 Å². The molecule has 0 aliphatic rings. The summed E-state index contributed by atoms with van der Waals surface area (Å²) in [5, 5.41) is 0. The van der Waals surface area contributed by atoms with Crippen LogP contribution in [0, 0.1) is 0 Å². The number of hydrogen-bond acceptors (Lipinski definition) is 2. The molecule has 0 N–H and O–H groups in total. The molecule has 0 aliphatic carbocycles. The summed E-state index contributed by atoms with van der Waals surface area (Å²) in [4.78, 5) is 0. The van der Waals surface area contributed by atoms with E-state index in [1.807, 2.05) is 11.8 Å². The van der Waals surface area contributed by atoms with Gasteiger partial charge in [0.1, 0.15) is 0 Å². The first-order valence-electron chi connectivity index (χ1n) is 4.69. The van der Waals surface area contributed by atoms with E-state index in [1.54, 1.807) is 0 Å². The minimum Gasteiger partial charge on any atom is -0.499 e. The van der Waals surface area contributed by atoms with Crippen LogP contribution >= 0.6 is 11.8 Å². The van der Waals surface area contributed by atoms with Crippen LogP contribution in [0.5, 0.6) is 0 Å². The van der Waals surface area contributed by atoms with E-state index in [1.165, 1.54) is 17.9 Å². The molecule has 0 aromatic carbocycles. The molecule has 0 heterocycles. The minimum absolute atomic E-state index is 0.819. The summed E-state index contributed by atoms with van der Waals surface area (Å²) in [5.74, 6) is 3.39.